The maximum atomic E-state index is 15.4. The highest BCUT2D eigenvalue weighted by molar-refractivity contribution is 5.97. The van der Waals surface area contributed by atoms with Gasteiger partial charge in [-0.15, -0.1) is 0 Å². The Balaban J connectivity index is 1.43. The number of rotatable bonds is 5. The number of para-hydroxylation sites is 1. The molecule has 2 fully saturated rings. The molecule has 0 unspecified atom stereocenters. The lowest BCUT2D eigenvalue weighted by Gasteiger charge is -2.44. The monoisotopic (exact) mass is 418 g/mol. The quantitative estimate of drug-likeness (QED) is 0.684. The standard InChI is InChI=1S/C25H27FN4O/c1-16-12-19(23(26)22(13-16)30-14-17(15-30)29(2)3)24(31)28-25(9-10-25)20-8-11-27-21-7-5-4-6-18(20)21/h4-8,11-13,17H,9-10,14-15H2,1-3H3,(H,28,31). The molecule has 0 bridgehead atoms. The maximum Gasteiger partial charge on any atom is 0.255 e. The Morgan fingerprint density at radius 1 is 1.19 bits per heavy atom. The Morgan fingerprint density at radius 3 is 2.65 bits per heavy atom. The van der Waals surface area contributed by atoms with Gasteiger partial charge in [-0.1, -0.05) is 18.2 Å². The van der Waals surface area contributed by atoms with Crippen LogP contribution in [0.1, 0.15) is 34.3 Å². The van der Waals surface area contributed by atoms with Crippen molar-refractivity contribution in [3.63, 3.8) is 0 Å². The number of aromatic nitrogens is 1. The minimum atomic E-state index is -0.456. The van der Waals surface area contributed by atoms with Crippen LogP contribution in [0, 0.1) is 12.7 Å². The smallest absolute Gasteiger partial charge is 0.255 e. The van der Waals surface area contributed by atoms with Crippen molar-refractivity contribution in [1.82, 2.24) is 15.2 Å². The zero-order valence-electron chi connectivity index (χ0n) is 18.2. The summed E-state index contributed by atoms with van der Waals surface area (Å²) in [6.45, 7) is 3.44. The summed E-state index contributed by atoms with van der Waals surface area (Å²) in [7, 11) is 4.07. The number of benzene rings is 2. The van der Waals surface area contributed by atoms with Crippen molar-refractivity contribution in [2.45, 2.75) is 31.3 Å². The fourth-order valence-corrected chi connectivity index (χ4v) is 4.51. The van der Waals surface area contributed by atoms with Crippen LogP contribution in [0.2, 0.25) is 0 Å². The van der Waals surface area contributed by atoms with Gasteiger partial charge in [0.15, 0.2) is 5.82 Å². The average molecular weight is 419 g/mol. The molecule has 1 aromatic heterocycles. The molecule has 2 heterocycles. The van der Waals surface area contributed by atoms with E-state index in [9.17, 15) is 4.79 Å². The Kier molecular flexibility index (Phi) is 4.70. The third kappa shape index (κ3) is 3.45. The number of hydrogen-bond acceptors (Lipinski definition) is 4. The minimum absolute atomic E-state index is 0.118. The Bertz CT molecular complexity index is 1160. The van der Waals surface area contributed by atoms with Crippen molar-refractivity contribution in [3.8, 4) is 0 Å². The van der Waals surface area contributed by atoms with Crippen molar-refractivity contribution in [2.75, 3.05) is 32.1 Å². The van der Waals surface area contributed by atoms with Crippen molar-refractivity contribution in [3.05, 3.63) is 71.2 Å². The van der Waals surface area contributed by atoms with Crippen LogP contribution in [0.5, 0.6) is 0 Å². The van der Waals surface area contributed by atoms with E-state index in [1.165, 1.54) is 0 Å². The third-order valence-electron chi connectivity index (χ3n) is 6.64. The van der Waals surface area contributed by atoms with Gasteiger partial charge < -0.3 is 15.1 Å². The number of pyridine rings is 1. The molecule has 1 N–H and O–H groups in total. The largest absolute Gasteiger partial charge is 0.366 e. The highest BCUT2D eigenvalue weighted by atomic mass is 19.1. The van der Waals surface area contributed by atoms with Crippen LogP contribution in [0.15, 0.2) is 48.7 Å². The summed E-state index contributed by atoms with van der Waals surface area (Å²) in [5.41, 5.74) is 3.02. The van der Waals surface area contributed by atoms with Crippen molar-refractivity contribution in [1.29, 1.82) is 0 Å². The second-order valence-electron chi connectivity index (χ2n) is 9.08. The number of fused-ring (bicyclic) bond motifs is 1. The SMILES string of the molecule is Cc1cc(C(=O)NC2(c3ccnc4ccccc34)CC2)c(F)c(N2CC(N(C)C)C2)c1. The molecule has 1 amide bonds. The van der Waals surface area contributed by atoms with Crippen LogP contribution in [0.3, 0.4) is 0 Å². The van der Waals surface area contributed by atoms with Crippen molar-refractivity contribution in [2.24, 2.45) is 0 Å². The predicted molar refractivity (Wildman–Crippen MR) is 121 cm³/mol. The fraction of sp³-hybridized carbons (Fsp3) is 0.360. The summed E-state index contributed by atoms with van der Waals surface area (Å²) in [5, 5.41) is 4.19. The van der Waals surface area contributed by atoms with E-state index in [-0.39, 0.29) is 11.5 Å². The molecule has 1 saturated heterocycles. The number of nitrogens with one attached hydrogen (secondary N) is 1. The van der Waals surface area contributed by atoms with E-state index in [4.69, 9.17) is 0 Å². The molecule has 6 heteroatoms. The Hall–Kier alpha value is -2.99. The summed E-state index contributed by atoms with van der Waals surface area (Å²) < 4.78 is 15.4. The highest BCUT2D eigenvalue weighted by Crippen LogP contribution is 2.48. The van der Waals surface area contributed by atoms with E-state index in [2.05, 4.69) is 15.2 Å². The van der Waals surface area contributed by atoms with Gasteiger partial charge in [0, 0.05) is 30.7 Å². The van der Waals surface area contributed by atoms with E-state index < -0.39 is 11.4 Å². The second-order valence-corrected chi connectivity index (χ2v) is 9.08. The molecule has 0 radical (unpaired) electrons. The van der Waals surface area contributed by atoms with Crippen LogP contribution in [0.4, 0.5) is 10.1 Å². The molecule has 5 rings (SSSR count). The zero-order valence-corrected chi connectivity index (χ0v) is 18.2. The first-order chi connectivity index (χ1) is 14.9. The van der Waals surface area contributed by atoms with Gasteiger partial charge in [0.25, 0.3) is 5.91 Å². The fourth-order valence-electron chi connectivity index (χ4n) is 4.51. The molecule has 31 heavy (non-hydrogen) atoms. The molecular weight excluding hydrogens is 391 g/mol. The van der Waals surface area contributed by atoms with Gasteiger partial charge >= 0.3 is 0 Å². The maximum absolute atomic E-state index is 15.4. The molecule has 5 nitrogen and oxygen atoms in total. The highest BCUT2D eigenvalue weighted by Gasteiger charge is 2.47. The van der Waals surface area contributed by atoms with E-state index in [1.807, 2.05) is 62.3 Å². The minimum Gasteiger partial charge on any atom is -0.366 e. The lowest BCUT2D eigenvalue weighted by atomic mass is 9.98. The Labute approximate surface area is 181 Å². The molecule has 1 aliphatic heterocycles. The molecule has 1 aliphatic carbocycles. The van der Waals surface area contributed by atoms with Gasteiger partial charge in [0.1, 0.15) is 0 Å². The molecule has 1 saturated carbocycles. The molecule has 0 spiro atoms. The summed E-state index contributed by atoms with van der Waals surface area (Å²) in [6, 6.07) is 13.8. The van der Waals surface area contributed by atoms with Crippen LogP contribution in [-0.2, 0) is 5.54 Å². The van der Waals surface area contributed by atoms with Gasteiger partial charge in [0.2, 0.25) is 0 Å². The number of carbonyl (C=O) groups excluding carboxylic acids is 1. The summed E-state index contributed by atoms with van der Waals surface area (Å²) in [6.07, 6.45) is 3.45. The molecule has 2 aromatic carbocycles. The zero-order chi connectivity index (χ0) is 21.8. The number of aryl methyl sites for hydroxylation is 1. The van der Waals surface area contributed by atoms with E-state index in [0.717, 1.165) is 48.0 Å². The topological polar surface area (TPSA) is 48.5 Å². The second kappa shape index (κ2) is 7.31. The van der Waals surface area contributed by atoms with Gasteiger partial charge in [-0.25, -0.2) is 4.39 Å². The lowest BCUT2D eigenvalue weighted by molar-refractivity contribution is 0.0927. The van der Waals surface area contributed by atoms with Gasteiger partial charge in [-0.05, 0) is 69.3 Å². The van der Waals surface area contributed by atoms with Crippen LogP contribution >= 0.6 is 0 Å². The predicted octanol–water partition coefficient (Wildman–Crippen LogP) is 3.85. The van der Waals surface area contributed by atoms with Crippen molar-refractivity contribution < 1.29 is 9.18 Å². The first kappa shape index (κ1) is 19.9. The number of nitrogens with zero attached hydrogens (tertiary/aromatic N) is 3. The van der Waals surface area contributed by atoms with Crippen LogP contribution < -0.4 is 10.2 Å². The van der Waals surface area contributed by atoms with Crippen molar-refractivity contribution >= 4 is 22.5 Å². The molecule has 3 aromatic rings. The van der Waals surface area contributed by atoms with E-state index in [1.54, 1.807) is 12.3 Å². The number of amides is 1. The first-order valence-corrected chi connectivity index (χ1v) is 10.8. The van der Waals surface area contributed by atoms with Crippen LogP contribution in [-0.4, -0.2) is 49.0 Å². The number of halogens is 1. The number of likely N-dealkylation sites (N-methyl/N-ethyl adjacent to an activating group) is 1. The summed E-state index contributed by atoms with van der Waals surface area (Å²) >= 11 is 0. The van der Waals surface area contributed by atoms with E-state index >= 15 is 4.39 Å². The number of hydrogen-bond donors (Lipinski definition) is 1. The van der Waals surface area contributed by atoms with E-state index in [0.29, 0.717) is 11.7 Å². The average Bonchev–Trinajstić information content (AvgIpc) is 3.48. The lowest BCUT2D eigenvalue weighted by Crippen LogP contribution is -2.57. The third-order valence-corrected chi connectivity index (χ3v) is 6.64. The molecule has 160 valence electrons. The summed E-state index contributed by atoms with van der Waals surface area (Å²) in [4.78, 5) is 21.8. The summed E-state index contributed by atoms with van der Waals surface area (Å²) in [5.74, 6) is -0.791. The first-order valence-electron chi connectivity index (χ1n) is 10.8. The van der Waals surface area contributed by atoms with Gasteiger partial charge in [-0.2, -0.15) is 0 Å². The van der Waals surface area contributed by atoms with Gasteiger partial charge in [-0.3, -0.25) is 9.78 Å². The molecule has 2 aliphatic rings. The van der Waals surface area contributed by atoms with Crippen LogP contribution in [0.25, 0.3) is 10.9 Å². The Morgan fingerprint density at radius 2 is 1.94 bits per heavy atom. The molecular formula is C25H27FN4O. The molecule has 0 atom stereocenters. The normalized spacial score (nSPS) is 17.6. The number of anilines is 1. The van der Waals surface area contributed by atoms with Gasteiger partial charge in [0.05, 0.1) is 22.3 Å². The number of carbonyl (C=O) groups is 1.